The predicted octanol–water partition coefficient (Wildman–Crippen LogP) is 3.44. The highest BCUT2D eigenvalue weighted by molar-refractivity contribution is 6.21. The number of alkyl halides is 1. The molecule has 0 amide bonds. The molecule has 0 N–H and O–H groups in total. The van der Waals surface area contributed by atoms with Crippen LogP contribution in [-0.4, -0.2) is 5.38 Å². The third-order valence-electron chi connectivity index (χ3n) is 4.69. The van der Waals surface area contributed by atoms with E-state index in [9.17, 15) is 0 Å². The zero-order valence-electron chi connectivity index (χ0n) is 7.65. The third kappa shape index (κ3) is 0.722. The maximum absolute atomic E-state index is 6.33. The largest absolute Gasteiger partial charge is 0.122 e. The van der Waals surface area contributed by atoms with Crippen molar-refractivity contribution in [2.24, 2.45) is 16.7 Å². The van der Waals surface area contributed by atoms with E-state index in [0.717, 1.165) is 5.92 Å². The number of fused-ring (bicyclic) bond motifs is 2. The molecule has 0 heterocycles. The molecule has 0 radical (unpaired) electrons. The monoisotopic (exact) mass is 172 g/mol. The van der Waals surface area contributed by atoms with E-state index in [1.165, 1.54) is 19.3 Å². The van der Waals surface area contributed by atoms with Crippen molar-refractivity contribution in [2.75, 3.05) is 0 Å². The molecule has 2 saturated carbocycles. The lowest BCUT2D eigenvalue weighted by Gasteiger charge is -2.36. The molecule has 0 saturated heterocycles. The molecule has 2 rings (SSSR count). The fraction of sp³-hybridized carbons (Fsp3) is 1.00. The minimum atomic E-state index is 0.430. The van der Waals surface area contributed by atoms with Gasteiger partial charge in [-0.05, 0) is 36.0 Å². The molecule has 2 fully saturated rings. The van der Waals surface area contributed by atoms with Gasteiger partial charge in [-0.25, -0.2) is 0 Å². The van der Waals surface area contributed by atoms with Gasteiger partial charge in [0, 0.05) is 5.38 Å². The summed E-state index contributed by atoms with van der Waals surface area (Å²) in [6.07, 6.45) is 4.01. The van der Waals surface area contributed by atoms with Crippen molar-refractivity contribution < 1.29 is 0 Å². The molecule has 2 aliphatic carbocycles. The van der Waals surface area contributed by atoms with Crippen LogP contribution in [0.15, 0.2) is 0 Å². The topological polar surface area (TPSA) is 0 Å². The molecule has 0 aromatic rings. The summed E-state index contributed by atoms with van der Waals surface area (Å²) in [6.45, 7) is 7.16. The molecule has 0 spiro atoms. The molecule has 2 aliphatic rings. The van der Waals surface area contributed by atoms with Crippen molar-refractivity contribution in [3.63, 3.8) is 0 Å². The fourth-order valence-electron chi connectivity index (χ4n) is 3.11. The van der Waals surface area contributed by atoms with E-state index in [1.54, 1.807) is 0 Å². The molecular formula is C10H17Cl. The van der Waals surface area contributed by atoms with E-state index in [-0.39, 0.29) is 0 Å². The third-order valence-corrected chi connectivity index (χ3v) is 5.35. The van der Waals surface area contributed by atoms with Gasteiger partial charge in [0.1, 0.15) is 0 Å². The maximum atomic E-state index is 6.33. The fourth-order valence-corrected chi connectivity index (χ4v) is 3.71. The summed E-state index contributed by atoms with van der Waals surface area (Å²) < 4.78 is 0. The van der Waals surface area contributed by atoms with Crippen molar-refractivity contribution in [3.05, 3.63) is 0 Å². The molecule has 0 aromatic carbocycles. The van der Waals surface area contributed by atoms with Crippen molar-refractivity contribution >= 4 is 11.6 Å². The molecule has 0 nitrogen and oxygen atoms in total. The van der Waals surface area contributed by atoms with Gasteiger partial charge in [-0.3, -0.25) is 0 Å². The van der Waals surface area contributed by atoms with Crippen LogP contribution in [-0.2, 0) is 0 Å². The Morgan fingerprint density at radius 3 is 2.09 bits per heavy atom. The lowest BCUT2D eigenvalue weighted by molar-refractivity contribution is 0.155. The van der Waals surface area contributed by atoms with E-state index in [4.69, 9.17) is 11.6 Å². The summed E-state index contributed by atoms with van der Waals surface area (Å²) in [6, 6.07) is 0. The maximum Gasteiger partial charge on any atom is 0.0397 e. The van der Waals surface area contributed by atoms with Crippen LogP contribution >= 0.6 is 11.6 Å². The van der Waals surface area contributed by atoms with Crippen LogP contribution in [0.2, 0.25) is 0 Å². The van der Waals surface area contributed by atoms with Crippen molar-refractivity contribution in [1.82, 2.24) is 0 Å². The average molecular weight is 173 g/mol. The Morgan fingerprint density at radius 1 is 1.27 bits per heavy atom. The molecule has 0 aliphatic heterocycles. The van der Waals surface area contributed by atoms with Gasteiger partial charge < -0.3 is 0 Å². The summed E-state index contributed by atoms with van der Waals surface area (Å²) in [5, 5.41) is 0.441. The summed E-state index contributed by atoms with van der Waals surface area (Å²) in [7, 11) is 0. The lowest BCUT2D eigenvalue weighted by Crippen LogP contribution is -2.32. The van der Waals surface area contributed by atoms with Crippen LogP contribution in [0.3, 0.4) is 0 Å². The Kier molecular flexibility index (Phi) is 1.41. The molecule has 3 atom stereocenters. The zero-order chi connectivity index (χ0) is 8.28. The second kappa shape index (κ2) is 1.96. The molecule has 1 heteroatoms. The van der Waals surface area contributed by atoms with Crippen LogP contribution in [0, 0.1) is 16.7 Å². The minimum absolute atomic E-state index is 0.430. The van der Waals surface area contributed by atoms with Crippen LogP contribution in [0.1, 0.15) is 40.0 Å². The van der Waals surface area contributed by atoms with Gasteiger partial charge in [0.15, 0.2) is 0 Å². The van der Waals surface area contributed by atoms with E-state index in [2.05, 4.69) is 20.8 Å². The van der Waals surface area contributed by atoms with Gasteiger partial charge >= 0.3 is 0 Å². The Morgan fingerprint density at radius 2 is 1.91 bits per heavy atom. The molecule has 0 aromatic heterocycles. The SMILES string of the molecule is CC1(C)[C@H]2CC[C@]1(C)[C@@H](Cl)C2. The lowest BCUT2D eigenvalue weighted by atomic mass is 9.71. The Labute approximate surface area is 74.3 Å². The first kappa shape index (κ1) is 7.91. The summed E-state index contributed by atoms with van der Waals surface area (Å²) in [4.78, 5) is 0. The van der Waals surface area contributed by atoms with Crippen LogP contribution < -0.4 is 0 Å². The van der Waals surface area contributed by atoms with Crippen molar-refractivity contribution in [3.8, 4) is 0 Å². The standard InChI is InChI=1S/C10H17Cl/c1-9(2)7-4-5-10(9,3)8(11)6-7/h7-8H,4-6H2,1-3H3/t7-,8-,10+/m0/s1. The summed E-state index contributed by atoms with van der Waals surface area (Å²) >= 11 is 6.33. The second-order valence-electron chi connectivity index (χ2n) is 5.08. The van der Waals surface area contributed by atoms with E-state index in [1.807, 2.05) is 0 Å². The van der Waals surface area contributed by atoms with Gasteiger partial charge in [-0.2, -0.15) is 0 Å². The normalized spacial score (nSPS) is 53.5. The Hall–Kier alpha value is 0.290. The van der Waals surface area contributed by atoms with Gasteiger partial charge in [0.05, 0.1) is 0 Å². The minimum Gasteiger partial charge on any atom is -0.122 e. The van der Waals surface area contributed by atoms with E-state index < -0.39 is 0 Å². The van der Waals surface area contributed by atoms with Crippen LogP contribution in [0.5, 0.6) is 0 Å². The van der Waals surface area contributed by atoms with E-state index >= 15 is 0 Å². The molecule has 0 unspecified atom stereocenters. The number of rotatable bonds is 0. The first-order valence-corrected chi connectivity index (χ1v) is 5.06. The number of hydrogen-bond donors (Lipinski definition) is 0. The van der Waals surface area contributed by atoms with Crippen molar-refractivity contribution in [1.29, 1.82) is 0 Å². The Balaban J connectivity index is 2.40. The number of hydrogen-bond acceptors (Lipinski definition) is 0. The highest BCUT2D eigenvalue weighted by atomic mass is 35.5. The van der Waals surface area contributed by atoms with Gasteiger partial charge in [0.25, 0.3) is 0 Å². The first-order valence-electron chi connectivity index (χ1n) is 4.62. The molecule has 2 bridgehead atoms. The molecule has 11 heavy (non-hydrogen) atoms. The smallest absolute Gasteiger partial charge is 0.0397 e. The van der Waals surface area contributed by atoms with E-state index in [0.29, 0.717) is 16.2 Å². The molecular weight excluding hydrogens is 156 g/mol. The predicted molar refractivity (Wildman–Crippen MR) is 48.9 cm³/mol. The Bertz CT molecular complexity index is 185. The average Bonchev–Trinajstić information content (AvgIpc) is 2.20. The van der Waals surface area contributed by atoms with Crippen molar-refractivity contribution in [2.45, 2.75) is 45.4 Å². The van der Waals surface area contributed by atoms with Crippen LogP contribution in [0.4, 0.5) is 0 Å². The van der Waals surface area contributed by atoms with Gasteiger partial charge in [-0.15, -0.1) is 11.6 Å². The highest BCUT2D eigenvalue weighted by Gasteiger charge is 2.60. The first-order chi connectivity index (χ1) is 4.98. The van der Waals surface area contributed by atoms with Gasteiger partial charge in [-0.1, -0.05) is 20.8 Å². The quantitative estimate of drug-likeness (QED) is 0.491. The summed E-state index contributed by atoms with van der Waals surface area (Å²) in [5.41, 5.74) is 0.929. The number of halogens is 1. The van der Waals surface area contributed by atoms with Crippen LogP contribution in [0.25, 0.3) is 0 Å². The highest BCUT2D eigenvalue weighted by Crippen LogP contribution is 2.66. The molecule has 64 valence electrons. The van der Waals surface area contributed by atoms with Gasteiger partial charge in [0.2, 0.25) is 0 Å². The second-order valence-corrected chi connectivity index (χ2v) is 5.60. The zero-order valence-corrected chi connectivity index (χ0v) is 8.41. The summed E-state index contributed by atoms with van der Waals surface area (Å²) in [5.74, 6) is 0.898.